The first-order valence-corrected chi connectivity index (χ1v) is 8.84. The summed E-state index contributed by atoms with van der Waals surface area (Å²) in [4.78, 5) is 21.8. The molecular formula is C16H26O13. The van der Waals surface area contributed by atoms with E-state index >= 15 is 0 Å². The van der Waals surface area contributed by atoms with Crippen LogP contribution < -0.4 is 0 Å². The van der Waals surface area contributed by atoms with Crippen LogP contribution in [0.4, 0.5) is 0 Å². The van der Waals surface area contributed by atoms with Crippen molar-refractivity contribution in [2.24, 2.45) is 0 Å². The fourth-order valence-corrected chi connectivity index (χ4v) is 2.93. The molecule has 2 saturated heterocycles. The summed E-state index contributed by atoms with van der Waals surface area (Å²) < 4.78 is 25.1. The van der Waals surface area contributed by atoms with Gasteiger partial charge in [-0.15, -0.1) is 0 Å². The number of aliphatic hydroxyl groups is 6. The van der Waals surface area contributed by atoms with Crippen LogP contribution in [0.25, 0.3) is 0 Å². The second-order valence-electron chi connectivity index (χ2n) is 6.77. The molecule has 29 heavy (non-hydrogen) atoms. The lowest BCUT2D eigenvalue weighted by Crippen LogP contribution is -2.64. The molecule has 10 atom stereocenters. The summed E-state index contributed by atoms with van der Waals surface area (Å²) in [6.45, 7) is 1.35. The van der Waals surface area contributed by atoms with E-state index in [1.165, 1.54) is 0 Å². The van der Waals surface area contributed by atoms with Gasteiger partial charge < -0.3 is 54.3 Å². The molecule has 0 saturated carbocycles. The zero-order valence-corrected chi connectivity index (χ0v) is 15.7. The molecule has 0 bridgehead atoms. The zero-order chi connectivity index (χ0) is 21.9. The molecule has 0 radical (unpaired) electrons. The molecule has 2 heterocycles. The highest BCUT2D eigenvalue weighted by Crippen LogP contribution is 2.28. The quantitative estimate of drug-likeness (QED) is 0.223. The SMILES string of the molecule is CC(=O)OCC1OC(O[C@H]2C(O)C(O)C(COC(C)=O)O[C@@H]2O)C(O)C(O)C1O. The van der Waals surface area contributed by atoms with Gasteiger partial charge in [0.1, 0.15) is 62.0 Å². The number of ether oxygens (including phenoxy) is 5. The number of carbonyl (C=O) groups excluding carboxylic acids is 2. The molecule has 168 valence electrons. The Hall–Kier alpha value is -1.42. The van der Waals surface area contributed by atoms with Crippen molar-refractivity contribution in [1.82, 2.24) is 0 Å². The van der Waals surface area contributed by atoms with Gasteiger partial charge in [-0.3, -0.25) is 9.59 Å². The zero-order valence-electron chi connectivity index (χ0n) is 15.7. The molecule has 2 fully saturated rings. The molecule has 0 amide bonds. The highest BCUT2D eigenvalue weighted by Gasteiger charge is 2.50. The number of aliphatic hydroxyl groups excluding tert-OH is 6. The number of carbonyl (C=O) groups is 2. The summed E-state index contributed by atoms with van der Waals surface area (Å²) >= 11 is 0. The molecular weight excluding hydrogens is 400 g/mol. The topological polar surface area (TPSA) is 202 Å². The molecule has 0 aromatic rings. The molecule has 0 aliphatic carbocycles. The first-order chi connectivity index (χ1) is 13.5. The van der Waals surface area contributed by atoms with Crippen LogP contribution in [-0.2, 0) is 33.3 Å². The van der Waals surface area contributed by atoms with Crippen molar-refractivity contribution < 1.29 is 63.9 Å². The van der Waals surface area contributed by atoms with Crippen molar-refractivity contribution in [2.45, 2.75) is 75.3 Å². The van der Waals surface area contributed by atoms with Crippen molar-refractivity contribution >= 4 is 11.9 Å². The lowest BCUT2D eigenvalue weighted by Gasteiger charge is -2.45. The third-order valence-corrected chi connectivity index (χ3v) is 4.52. The van der Waals surface area contributed by atoms with Crippen molar-refractivity contribution in [3.63, 3.8) is 0 Å². The van der Waals surface area contributed by atoms with E-state index in [1.54, 1.807) is 0 Å². The molecule has 0 aromatic heterocycles. The second-order valence-corrected chi connectivity index (χ2v) is 6.77. The van der Waals surface area contributed by atoms with E-state index in [2.05, 4.69) is 4.74 Å². The fraction of sp³-hybridized carbons (Fsp3) is 0.875. The van der Waals surface area contributed by atoms with Gasteiger partial charge in [-0.25, -0.2) is 0 Å². The van der Waals surface area contributed by atoms with Crippen molar-refractivity contribution in [3.8, 4) is 0 Å². The largest absolute Gasteiger partial charge is 0.463 e. The van der Waals surface area contributed by atoms with Crippen LogP contribution in [0.5, 0.6) is 0 Å². The summed E-state index contributed by atoms with van der Waals surface area (Å²) in [6, 6.07) is 0. The second kappa shape index (κ2) is 10.1. The van der Waals surface area contributed by atoms with E-state index < -0.39 is 86.6 Å². The van der Waals surface area contributed by atoms with E-state index in [0.29, 0.717) is 0 Å². The Labute approximate surface area is 165 Å². The fourth-order valence-electron chi connectivity index (χ4n) is 2.93. The van der Waals surface area contributed by atoms with Gasteiger partial charge in [0, 0.05) is 13.8 Å². The first-order valence-electron chi connectivity index (χ1n) is 8.84. The third kappa shape index (κ3) is 5.81. The maximum atomic E-state index is 10.9. The minimum Gasteiger partial charge on any atom is -0.463 e. The average molecular weight is 426 g/mol. The van der Waals surface area contributed by atoms with Gasteiger partial charge >= 0.3 is 11.9 Å². The first kappa shape index (κ1) is 23.9. The smallest absolute Gasteiger partial charge is 0.302 e. The van der Waals surface area contributed by atoms with Crippen LogP contribution in [0.1, 0.15) is 13.8 Å². The minimum atomic E-state index is -1.82. The predicted molar refractivity (Wildman–Crippen MR) is 87.7 cm³/mol. The molecule has 13 nitrogen and oxygen atoms in total. The summed E-state index contributed by atoms with van der Waals surface area (Å²) in [5.74, 6) is -1.33. The number of rotatable bonds is 6. The molecule has 2 aliphatic rings. The van der Waals surface area contributed by atoms with Crippen molar-refractivity contribution in [1.29, 1.82) is 0 Å². The Morgan fingerprint density at radius 2 is 1.21 bits per heavy atom. The van der Waals surface area contributed by atoms with Gasteiger partial charge in [-0.2, -0.15) is 0 Å². The maximum Gasteiger partial charge on any atom is 0.302 e. The van der Waals surface area contributed by atoms with Gasteiger partial charge in [0.2, 0.25) is 0 Å². The van der Waals surface area contributed by atoms with Crippen molar-refractivity contribution in [3.05, 3.63) is 0 Å². The highest BCUT2D eigenvalue weighted by molar-refractivity contribution is 5.66. The lowest BCUT2D eigenvalue weighted by atomic mass is 9.97. The molecule has 6 N–H and O–H groups in total. The van der Waals surface area contributed by atoms with Crippen molar-refractivity contribution in [2.75, 3.05) is 13.2 Å². The van der Waals surface area contributed by atoms with Crippen LogP contribution >= 0.6 is 0 Å². The Balaban J connectivity index is 2.04. The number of esters is 2. The third-order valence-electron chi connectivity index (χ3n) is 4.52. The summed E-state index contributed by atoms with van der Waals surface area (Å²) in [5, 5.41) is 60.5. The molecule has 2 aliphatic heterocycles. The Morgan fingerprint density at radius 3 is 1.72 bits per heavy atom. The average Bonchev–Trinajstić information content (AvgIpc) is 2.65. The van der Waals surface area contributed by atoms with E-state index in [1.807, 2.05) is 0 Å². The van der Waals surface area contributed by atoms with Crippen LogP contribution in [0.15, 0.2) is 0 Å². The Morgan fingerprint density at radius 1 is 0.724 bits per heavy atom. The van der Waals surface area contributed by atoms with Crippen LogP contribution in [0.2, 0.25) is 0 Å². The lowest BCUT2D eigenvalue weighted by molar-refractivity contribution is -0.361. The van der Waals surface area contributed by atoms with Crippen LogP contribution in [0.3, 0.4) is 0 Å². The maximum absolute atomic E-state index is 10.9. The Bertz CT molecular complexity index is 571. The van der Waals surface area contributed by atoms with Gasteiger partial charge in [0.25, 0.3) is 0 Å². The summed E-state index contributed by atoms with van der Waals surface area (Å²) in [6.07, 6.45) is -16.2. The predicted octanol–water partition coefficient (Wildman–Crippen LogP) is -4.26. The standard InChI is InChI=1S/C16H26O13/c1-5(17)25-3-7-10(20)12(22)14(15(24)27-7)29-16-13(23)11(21)9(19)8(28-16)4-26-6(2)18/h7-16,19-24H,3-4H2,1-2H3/t7?,8?,9?,10?,11?,12?,13?,14-,15-,16?/m0/s1. The van der Waals surface area contributed by atoms with Gasteiger partial charge in [-0.05, 0) is 0 Å². The van der Waals surface area contributed by atoms with E-state index in [0.717, 1.165) is 13.8 Å². The molecule has 0 aromatic carbocycles. The summed E-state index contributed by atoms with van der Waals surface area (Å²) in [7, 11) is 0. The van der Waals surface area contributed by atoms with E-state index in [-0.39, 0.29) is 0 Å². The molecule has 0 spiro atoms. The van der Waals surface area contributed by atoms with Crippen LogP contribution in [-0.4, -0.2) is 117 Å². The number of hydrogen-bond acceptors (Lipinski definition) is 13. The monoisotopic (exact) mass is 426 g/mol. The Kier molecular flexibility index (Phi) is 8.28. The normalized spacial score (nSPS) is 42.9. The number of hydrogen-bond donors (Lipinski definition) is 6. The van der Waals surface area contributed by atoms with Gasteiger partial charge in [-0.1, -0.05) is 0 Å². The van der Waals surface area contributed by atoms with E-state index in [4.69, 9.17) is 18.9 Å². The van der Waals surface area contributed by atoms with Gasteiger partial charge in [0.05, 0.1) is 0 Å². The van der Waals surface area contributed by atoms with Crippen LogP contribution in [0, 0.1) is 0 Å². The van der Waals surface area contributed by atoms with Gasteiger partial charge in [0.15, 0.2) is 12.6 Å². The van der Waals surface area contributed by atoms with E-state index in [9.17, 15) is 40.2 Å². The molecule has 8 unspecified atom stereocenters. The minimum absolute atomic E-state index is 0.435. The summed E-state index contributed by atoms with van der Waals surface area (Å²) in [5.41, 5.74) is 0. The molecule has 2 rings (SSSR count). The molecule has 13 heteroatoms. The highest BCUT2D eigenvalue weighted by atomic mass is 16.7.